The zero-order valence-corrected chi connectivity index (χ0v) is 9.38. The molecule has 0 bridgehead atoms. The van der Waals surface area contributed by atoms with Crippen molar-refractivity contribution in [2.24, 2.45) is 0 Å². The van der Waals surface area contributed by atoms with Crippen LogP contribution >= 0.6 is 55.4 Å². The molecule has 7 heteroatoms. The van der Waals surface area contributed by atoms with Gasteiger partial charge in [-0.3, -0.25) is 0 Å². The molecule has 0 aromatic carbocycles. The largest absolute Gasteiger partial charge is 0.341 e. The van der Waals surface area contributed by atoms with Crippen molar-refractivity contribution in [1.82, 2.24) is 0 Å². The van der Waals surface area contributed by atoms with Gasteiger partial charge in [0.05, 0.1) is 0 Å². The molecule has 0 spiro atoms. The van der Waals surface area contributed by atoms with Gasteiger partial charge >= 0.3 is 6.00 Å². The fraction of sp³-hybridized carbons (Fsp3) is 1.00. The summed E-state index contributed by atoms with van der Waals surface area (Å²) < 4.78 is 0. The fourth-order valence-electron chi connectivity index (χ4n) is 0.152. The van der Waals surface area contributed by atoms with Crippen LogP contribution in [0.4, 0.5) is 0 Å². The van der Waals surface area contributed by atoms with E-state index in [4.69, 9.17) is 55.4 Å². The minimum Gasteiger partial charge on any atom is -0.147 e. The SMILES string of the molecule is Cl[Si](Cl)C[Si](Cl)(Cl)Cl. The third-order valence-corrected chi connectivity index (χ3v) is 9.02. The van der Waals surface area contributed by atoms with Gasteiger partial charge in [0.2, 0.25) is 0 Å². The predicted molar refractivity (Wildman–Crippen MR) is 45.6 cm³/mol. The molecule has 0 fully saturated rings. The zero-order chi connectivity index (χ0) is 6.78. The van der Waals surface area contributed by atoms with Crippen molar-refractivity contribution in [3.05, 3.63) is 0 Å². The Hall–Kier alpha value is 1.88. The van der Waals surface area contributed by atoms with E-state index in [0.717, 1.165) is 0 Å². The number of hydrogen-bond acceptors (Lipinski definition) is 0. The second-order valence-electron chi connectivity index (χ2n) is 1.13. The van der Waals surface area contributed by atoms with E-state index in [1.54, 1.807) is 0 Å². The molecule has 0 nitrogen and oxygen atoms in total. The Kier molecular flexibility index (Phi) is 4.83. The Morgan fingerprint density at radius 3 is 1.50 bits per heavy atom. The Labute approximate surface area is 74.1 Å². The molecule has 0 aromatic heterocycles. The van der Waals surface area contributed by atoms with E-state index in [-0.39, 0.29) is 0 Å². The maximum Gasteiger partial charge on any atom is 0.341 e. The normalized spacial score (nSPS) is 12.8. The van der Waals surface area contributed by atoms with Gasteiger partial charge in [-0.2, -0.15) is 0 Å². The molecule has 49 valence electrons. The monoisotopic (exact) mass is 245 g/mol. The summed E-state index contributed by atoms with van der Waals surface area (Å²) in [5.74, 6) is 0. The van der Waals surface area contributed by atoms with Crippen LogP contribution < -0.4 is 0 Å². The van der Waals surface area contributed by atoms with E-state index in [1.165, 1.54) is 0 Å². The van der Waals surface area contributed by atoms with Gasteiger partial charge in [0.1, 0.15) is 0 Å². The first-order valence-electron chi connectivity index (χ1n) is 1.65. The van der Waals surface area contributed by atoms with Crippen molar-refractivity contribution < 1.29 is 0 Å². The first kappa shape index (κ1) is 9.88. The zero-order valence-electron chi connectivity index (χ0n) is 3.60. The molecule has 0 aliphatic carbocycles. The molecule has 0 amide bonds. The lowest BCUT2D eigenvalue weighted by Crippen LogP contribution is -2.14. The van der Waals surface area contributed by atoms with Gasteiger partial charge < -0.3 is 0 Å². The van der Waals surface area contributed by atoms with Gasteiger partial charge in [-0.05, 0) is 0 Å². The molecule has 0 rings (SSSR count). The van der Waals surface area contributed by atoms with Crippen molar-refractivity contribution in [3.63, 3.8) is 0 Å². The van der Waals surface area contributed by atoms with Crippen LogP contribution in [0.2, 0.25) is 5.67 Å². The van der Waals surface area contributed by atoms with E-state index in [9.17, 15) is 0 Å². The molecule has 0 aliphatic heterocycles. The standard InChI is InChI=1S/CH2Cl5Si2/c2-7(3)1-8(4,5)6/h1H2. The van der Waals surface area contributed by atoms with Crippen LogP contribution in [-0.4, -0.2) is 13.4 Å². The summed E-state index contributed by atoms with van der Waals surface area (Å²) in [6.45, 7) is 0. The molecule has 0 aliphatic rings. The highest BCUT2D eigenvalue weighted by Gasteiger charge is 2.29. The summed E-state index contributed by atoms with van der Waals surface area (Å²) in [7, 11) is -1.38. The topological polar surface area (TPSA) is 0 Å². The van der Waals surface area contributed by atoms with Crippen molar-refractivity contribution in [3.8, 4) is 0 Å². The molecule has 0 saturated heterocycles. The predicted octanol–water partition coefficient (Wildman–Crippen LogP) is 3.15. The maximum atomic E-state index is 5.45. The average molecular weight is 247 g/mol. The molecule has 1 radical (unpaired) electrons. The molecule has 0 heterocycles. The van der Waals surface area contributed by atoms with Crippen LogP contribution in [0.15, 0.2) is 0 Å². The third kappa shape index (κ3) is 7.88. The fourth-order valence-corrected chi connectivity index (χ4v) is 12.3. The Morgan fingerprint density at radius 1 is 1.12 bits per heavy atom. The first-order chi connectivity index (χ1) is 3.42. The highest BCUT2D eigenvalue weighted by molar-refractivity contribution is 7.67. The van der Waals surface area contributed by atoms with Crippen LogP contribution in [0, 0.1) is 0 Å². The summed E-state index contributed by atoms with van der Waals surface area (Å²) >= 11 is 27.2. The smallest absolute Gasteiger partial charge is 0.147 e. The minimum absolute atomic E-state index is 0.394. The number of rotatable bonds is 2. The van der Waals surface area contributed by atoms with Gasteiger partial charge in [0, 0.05) is 5.67 Å². The summed E-state index contributed by atoms with van der Waals surface area (Å²) in [4.78, 5) is 0. The Bertz CT molecular complexity index is 65.3. The van der Waals surface area contributed by atoms with E-state index in [2.05, 4.69) is 0 Å². The van der Waals surface area contributed by atoms with E-state index < -0.39 is 13.4 Å². The third-order valence-electron chi connectivity index (χ3n) is 0.334. The van der Waals surface area contributed by atoms with Crippen LogP contribution in [0.1, 0.15) is 0 Å². The summed E-state index contributed by atoms with van der Waals surface area (Å²) in [6, 6.07) is -2.52. The molecule has 0 N–H and O–H groups in total. The molecule has 0 atom stereocenters. The van der Waals surface area contributed by atoms with E-state index in [1.807, 2.05) is 0 Å². The van der Waals surface area contributed by atoms with Crippen LogP contribution in [-0.2, 0) is 0 Å². The molecule has 8 heavy (non-hydrogen) atoms. The second kappa shape index (κ2) is 3.91. The first-order valence-corrected chi connectivity index (χ1v) is 10.6. The lowest BCUT2D eigenvalue weighted by Gasteiger charge is -2.03. The lowest BCUT2D eigenvalue weighted by molar-refractivity contribution is 2.04. The minimum atomic E-state index is -2.52. The highest BCUT2D eigenvalue weighted by atomic mass is 35.8. The summed E-state index contributed by atoms with van der Waals surface area (Å²) in [6.07, 6.45) is 0. The highest BCUT2D eigenvalue weighted by Crippen LogP contribution is 2.27. The number of halogens is 5. The average Bonchev–Trinajstić information content (AvgIpc) is 1.21. The summed E-state index contributed by atoms with van der Waals surface area (Å²) in [5, 5.41) is 0. The number of hydrogen-bond donors (Lipinski definition) is 0. The molecular formula is CH2Cl5Si2. The van der Waals surface area contributed by atoms with Gasteiger partial charge in [0.15, 0.2) is 0 Å². The second-order valence-corrected chi connectivity index (χ2v) is 15.3. The Balaban J connectivity index is 3.39. The molecule has 0 saturated carbocycles. The van der Waals surface area contributed by atoms with Crippen LogP contribution in [0.25, 0.3) is 0 Å². The Morgan fingerprint density at radius 2 is 1.50 bits per heavy atom. The van der Waals surface area contributed by atoms with Gasteiger partial charge in [-0.25, -0.2) is 0 Å². The molecule has 0 unspecified atom stereocenters. The summed E-state index contributed by atoms with van der Waals surface area (Å²) in [5.41, 5.74) is 0.394. The molecule has 0 aromatic rings. The van der Waals surface area contributed by atoms with Crippen molar-refractivity contribution in [2.75, 3.05) is 0 Å². The van der Waals surface area contributed by atoms with Gasteiger partial charge in [-0.15, -0.1) is 55.4 Å². The van der Waals surface area contributed by atoms with Crippen molar-refractivity contribution >= 4 is 68.8 Å². The quantitative estimate of drug-likeness (QED) is 0.519. The van der Waals surface area contributed by atoms with Gasteiger partial charge in [-0.1, -0.05) is 0 Å². The lowest BCUT2D eigenvalue weighted by atomic mass is 11.9. The van der Waals surface area contributed by atoms with E-state index >= 15 is 0 Å². The van der Waals surface area contributed by atoms with E-state index in [0.29, 0.717) is 5.67 Å². The van der Waals surface area contributed by atoms with Crippen LogP contribution in [0.3, 0.4) is 0 Å². The maximum absolute atomic E-state index is 5.45. The van der Waals surface area contributed by atoms with Crippen LogP contribution in [0.5, 0.6) is 0 Å². The van der Waals surface area contributed by atoms with Crippen molar-refractivity contribution in [2.45, 2.75) is 5.67 Å². The molecular weight excluding hydrogens is 245 g/mol. The van der Waals surface area contributed by atoms with Gasteiger partial charge in [0.25, 0.3) is 7.42 Å². The van der Waals surface area contributed by atoms with Crippen molar-refractivity contribution in [1.29, 1.82) is 0 Å².